The number of pyridine rings is 1. The summed E-state index contributed by atoms with van der Waals surface area (Å²) in [5.74, 6) is 0.624. The highest BCUT2D eigenvalue weighted by molar-refractivity contribution is 6.30. The van der Waals surface area contributed by atoms with E-state index in [4.69, 9.17) is 16.1 Å². The Labute approximate surface area is 162 Å². The zero-order chi connectivity index (χ0) is 18.6. The van der Waals surface area contributed by atoms with E-state index in [1.54, 1.807) is 24.4 Å². The van der Waals surface area contributed by atoms with E-state index in [0.717, 1.165) is 24.3 Å². The van der Waals surface area contributed by atoms with Gasteiger partial charge in [0.15, 0.2) is 11.5 Å². The smallest absolute Gasteiger partial charge is 0.279 e. The quantitative estimate of drug-likeness (QED) is 0.712. The average Bonchev–Trinajstić information content (AvgIpc) is 3.20. The zero-order valence-corrected chi connectivity index (χ0v) is 15.4. The number of hydrogen-bond donors (Lipinski definition) is 1. The molecule has 3 aromatic rings. The van der Waals surface area contributed by atoms with Gasteiger partial charge in [0, 0.05) is 29.7 Å². The maximum Gasteiger partial charge on any atom is 0.279 e. The molecule has 138 valence electrons. The summed E-state index contributed by atoms with van der Waals surface area (Å²) in [7, 11) is 0. The lowest BCUT2D eigenvalue weighted by Gasteiger charge is -2.28. The summed E-state index contributed by atoms with van der Waals surface area (Å²) in [6.07, 6.45) is 5.50. The molecule has 0 unspecified atom stereocenters. The molecule has 0 atom stereocenters. The van der Waals surface area contributed by atoms with E-state index in [1.165, 1.54) is 19.3 Å². The van der Waals surface area contributed by atoms with E-state index in [9.17, 15) is 4.79 Å². The van der Waals surface area contributed by atoms with Crippen molar-refractivity contribution in [3.63, 3.8) is 0 Å². The van der Waals surface area contributed by atoms with Crippen LogP contribution in [0.25, 0.3) is 11.3 Å². The molecule has 3 heterocycles. The van der Waals surface area contributed by atoms with E-state index in [0.29, 0.717) is 16.6 Å². The van der Waals surface area contributed by atoms with Crippen LogP contribution in [0.1, 0.15) is 29.8 Å². The monoisotopic (exact) mass is 382 g/mol. The number of rotatable bonds is 4. The fourth-order valence-corrected chi connectivity index (χ4v) is 3.24. The van der Waals surface area contributed by atoms with Gasteiger partial charge in [0.25, 0.3) is 5.91 Å². The third kappa shape index (κ3) is 4.11. The number of halogens is 1. The number of nitrogens with zero attached hydrogens (tertiary/aromatic N) is 3. The van der Waals surface area contributed by atoms with Crippen molar-refractivity contribution in [1.29, 1.82) is 0 Å². The van der Waals surface area contributed by atoms with Crippen LogP contribution >= 0.6 is 11.6 Å². The SMILES string of the molecule is O=C(Nc1ccc(N2CCCCC2)cn1)c1cc(-c2ccc(Cl)cc2)on1. The Morgan fingerprint density at radius 3 is 2.56 bits per heavy atom. The molecule has 0 aliphatic carbocycles. The molecule has 0 radical (unpaired) electrons. The highest BCUT2D eigenvalue weighted by Gasteiger charge is 2.15. The minimum absolute atomic E-state index is 0.196. The highest BCUT2D eigenvalue weighted by Crippen LogP contribution is 2.23. The number of anilines is 2. The number of hydrogen-bond acceptors (Lipinski definition) is 5. The lowest BCUT2D eigenvalue weighted by Crippen LogP contribution is -2.29. The summed E-state index contributed by atoms with van der Waals surface area (Å²) in [4.78, 5) is 19.1. The van der Waals surface area contributed by atoms with E-state index in [2.05, 4.69) is 20.4 Å². The number of piperidine rings is 1. The van der Waals surface area contributed by atoms with E-state index in [1.807, 2.05) is 24.3 Å². The number of nitrogens with one attached hydrogen (secondary N) is 1. The molecule has 7 heteroatoms. The second-order valence-electron chi connectivity index (χ2n) is 6.49. The fourth-order valence-electron chi connectivity index (χ4n) is 3.11. The first kappa shape index (κ1) is 17.5. The first-order valence-corrected chi connectivity index (χ1v) is 9.32. The molecule has 6 nitrogen and oxygen atoms in total. The van der Waals surface area contributed by atoms with Gasteiger partial charge in [0.2, 0.25) is 0 Å². The number of benzene rings is 1. The van der Waals surface area contributed by atoms with E-state index < -0.39 is 0 Å². The van der Waals surface area contributed by atoms with Crippen molar-refractivity contribution >= 4 is 29.0 Å². The van der Waals surface area contributed by atoms with Crippen molar-refractivity contribution in [1.82, 2.24) is 10.1 Å². The van der Waals surface area contributed by atoms with Gasteiger partial charge in [-0.05, 0) is 55.7 Å². The third-order valence-corrected chi connectivity index (χ3v) is 4.83. The minimum Gasteiger partial charge on any atom is -0.370 e. The zero-order valence-electron chi connectivity index (χ0n) is 14.7. The molecule has 1 aliphatic rings. The third-order valence-electron chi connectivity index (χ3n) is 4.58. The molecule has 0 spiro atoms. The average molecular weight is 383 g/mol. The second-order valence-corrected chi connectivity index (χ2v) is 6.92. The largest absolute Gasteiger partial charge is 0.370 e. The number of carbonyl (C=O) groups excluding carboxylic acids is 1. The molecule has 1 fully saturated rings. The molecule has 0 bridgehead atoms. The molecular formula is C20H19ClN4O2. The first-order valence-electron chi connectivity index (χ1n) is 8.94. The Hall–Kier alpha value is -2.86. The van der Waals surface area contributed by atoms with Crippen molar-refractivity contribution in [2.24, 2.45) is 0 Å². The van der Waals surface area contributed by atoms with Crippen LogP contribution in [-0.2, 0) is 0 Å². The summed E-state index contributed by atoms with van der Waals surface area (Å²) in [6.45, 7) is 2.11. The van der Waals surface area contributed by atoms with Crippen molar-refractivity contribution in [2.75, 3.05) is 23.3 Å². The summed E-state index contributed by atoms with van der Waals surface area (Å²) in [5, 5.41) is 7.23. The number of carbonyl (C=O) groups is 1. The van der Waals surface area contributed by atoms with Crippen LogP contribution in [0.4, 0.5) is 11.5 Å². The van der Waals surface area contributed by atoms with Gasteiger partial charge in [0.05, 0.1) is 11.9 Å². The lowest BCUT2D eigenvalue weighted by atomic mass is 10.1. The van der Waals surface area contributed by atoms with Crippen LogP contribution < -0.4 is 10.2 Å². The van der Waals surface area contributed by atoms with Crippen molar-refractivity contribution in [2.45, 2.75) is 19.3 Å². The van der Waals surface area contributed by atoms with Crippen molar-refractivity contribution in [3.05, 3.63) is 59.4 Å². The molecule has 1 amide bonds. The Bertz CT molecular complexity index is 916. The van der Waals surface area contributed by atoms with Crippen molar-refractivity contribution < 1.29 is 9.32 Å². The van der Waals surface area contributed by atoms with Gasteiger partial charge in [-0.1, -0.05) is 16.8 Å². The van der Waals surface area contributed by atoms with Crippen LogP contribution in [0.2, 0.25) is 5.02 Å². The van der Waals surface area contributed by atoms with Crippen LogP contribution in [0.15, 0.2) is 53.2 Å². The number of amides is 1. The number of aromatic nitrogens is 2. The molecule has 27 heavy (non-hydrogen) atoms. The fraction of sp³-hybridized carbons (Fsp3) is 0.250. The predicted molar refractivity (Wildman–Crippen MR) is 105 cm³/mol. The van der Waals surface area contributed by atoms with Gasteiger partial charge < -0.3 is 14.7 Å². The van der Waals surface area contributed by atoms with Crippen LogP contribution in [0.5, 0.6) is 0 Å². The molecule has 4 rings (SSSR count). The molecule has 0 saturated carbocycles. The lowest BCUT2D eigenvalue weighted by molar-refractivity contribution is 0.101. The van der Waals surface area contributed by atoms with Crippen LogP contribution in [0.3, 0.4) is 0 Å². The molecular weight excluding hydrogens is 364 g/mol. The van der Waals surface area contributed by atoms with Gasteiger partial charge >= 0.3 is 0 Å². The Kier molecular flexibility index (Phi) is 5.07. The first-order chi connectivity index (χ1) is 13.2. The second kappa shape index (κ2) is 7.80. The van der Waals surface area contributed by atoms with Crippen molar-refractivity contribution in [3.8, 4) is 11.3 Å². The van der Waals surface area contributed by atoms with Gasteiger partial charge in [-0.3, -0.25) is 4.79 Å². The molecule has 2 aromatic heterocycles. The topological polar surface area (TPSA) is 71.3 Å². The molecule has 1 aromatic carbocycles. The normalized spacial score (nSPS) is 14.2. The molecule has 1 saturated heterocycles. The molecule has 1 N–H and O–H groups in total. The van der Waals surface area contributed by atoms with Gasteiger partial charge in [-0.15, -0.1) is 0 Å². The highest BCUT2D eigenvalue weighted by atomic mass is 35.5. The predicted octanol–water partition coefficient (Wildman–Crippen LogP) is 4.63. The van der Waals surface area contributed by atoms with Gasteiger partial charge in [-0.2, -0.15) is 0 Å². The van der Waals surface area contributed by atoms with Gasteiger partial charge in [0.1, 0.15) is 5.82 Å². The summed E-state index contributed by atoms with van der Waals surface area (Å²) < 4.78 is 5.27. The maximum absolute atomic E-state index is 12.4. The van der Waals surface area contributed by atoms with Crippen LogP contribution in [-0.4, -0.2) is 29.1 Å². The van der Waals surface area contributed by atoms with Gasteiger partial charge in [-0.25, -0.2) is 4.98 Å². The van der Waals surface area contributed by atoms with E-state index in [-0.39, 0.29) is 11.6 Å². The summed E-state index contributed by atoms with van der Waals surface area (Å²) in [5.41, 5.74) is 2.08. The van der Waals surface area contributed by atoms with E-state index >= 15 is 0 Å². The Morgan fingerprint density at radius 1 is 1.07 bits per heavy atom. The van der Waals surface area contributed by atoms with Crippen LogP contribution in [0, 0.1) is 0 Å². The Morgan fingerprint density at radius 2 is 1.85 bits per heavy atom. The molecule has 1 aliphatic heterocycles. The summed E-state index contributed by atoms with van der Waals surface area (Å²) in [6, 6.07) is 12.5. The summed E-state index contributed by atoms with van der Waals surface area (Å²) >= 11 is 5.89. The maximum atomic E-state index is 12.4. The Balaban J connectivity index is 1.42. The minimum atomic E-state index is -0.364. The standard InChI is InChI=1S/C20H19ClN4O2/c21-15-6-4-14(5-7-15)18-12-17(24-27-18)20(26)23-19-9-8-16(13-22-19)25-10-2-1-3-11-25/h4-9,12-13H,1-3,10-11H2,(H,22,23,26).